The van der Waals surface area contributed by atoms with Crippen molar-refractivity contribution in [1.82, 2.24) is 0 Å². The number of nitrogens with zero attached hydrogens (tertiary/aromatic N) is 2. The number of hydrogen-bond acceptors (Lipinski definition) is 4. The molecule has 0 spiro atoms. The van der Waals surface area contributed by atoms with Crippen molar-refractivity contribution in [3.05, 3.63) is 23.8 Å². The third-order valence-electron chi connectivity index (χ3n) is 3.12. The molecule has 1 atom stereocenters. The summed E-state index contributed by atoms with van der Waals surface area (Å²) in [6, 6.07) is 7.19. The third-order valence-corrected chi connectivity index (χ3v) is 4.94. The Kier molecular flexibility index (Phi) is 2.84. The van der Waals surface area contributed by atoms with E-state index in [2.05, 4.69) is 0 Å². The topological polar surface area (TPSA) is 61.2 Å². The molecule has 0 saturated carbocycles. The summed E-state index contributed by atoms with van der Waals surface area (Å²) in [6.45, 7) is 1.87. The van der Waals surface area contributed by atoms with Gasteiger partial charge in [0.2, 0.25) is 0 Å². The van der Waals surface area contributed by atoms with Crippen molar-refractivity contribution >= 4 is 15.5 Å². The van der Waals surface area contributed by atoms with Crippen molar-refractivity contribution in [3.8, 4) is 6.07 Å². The Morgan fingerprint density at radius 1 is 1.53 bits per heavy atom. The van der Waals surface area contributed by atoms with Gasteiger partial charge in [0.1, 0.15) is 0 Å². The van der Waals surface area contributed by atoms with Crippen LogP contribution in [0.1, 0.15) is 12.0 Å². The lowest BCUT2D eigenvalue weighted by molar-refractivity contribution is 0.573. The van der Waals surface area contributed by atoms with Crippen LogP contribution in [-0.2, 0) is 9.84 Å². The van der Waals surface area contributed by atoms with Crippen LogP contribution >= 0.6 is 0 Å². The molecular weight excluding hydrogens is 236 g/mol. The second kappa shape index (κ2) is 4.04. The molecular formula is C12H14N2O2S. The maximum Gasteiger partial charge on any atom is 0.182 e. The van der Waals surface area contributed by atoms with Gasteiger partial charge in [-0.3, -0.25) is 0 Å². The first-order chi connectivity index (χ1) is 7.95. The number of aryl methyl sites for hydroxylation is 1. The fourth-order valence-electron chi connectivity index (χ4n) is 2.11. The van der Waals surface area contributed by atoms with Gasteiger partial charge in [0.05, 0.1) is 34.9 Å². The first-order valence-corrected chi connectivity index (χ1v) is 7.04. The van der Waals surface area contributed by atoms with E-state index in [1.165, 1.54) is 0 Å². The largest absolute Gasteiger partial charge is 0.368 e. The van der Waals surface area contributed by atoms with Gasteiger partial charge in [0.25, 0.3) is 0 Å². The Morgan fingerprint density at radius 3 is 2.88 bits per heavy atom. The zero-order valence-electron chi connectivity index (χ0n) is 9.84. The van der Waals surface area contributed by atoms with Crippen LogP contribution in [0.3, 0.4) is 0 Å². The van der Waals surface area contributed by atoms with Crippen molar-refractivity contribution in [1.29, 1.82) is 5.26 Å². The zero-order valence-corrected chi connectivity index (χ0v) is 10.7. The van der Waals surface area contributed by atoms with E-state index >= 15 is 0 Å². The number of fused-ring (bicyclic) bond motifs is 1. The SMILES string of the molecule is Cc1ccc2c(c1)S(=O)(=O)CC(CC#N)N2C. The average Bonchev–Trinajstić information content (AvgIpc) is 2.26. The molecule has 0 radical (unpaired) electrons. The summed E-state index contributed by atoms with van der Waals surface area (Å²) in [6.07, 6.45) is 0.225. The van der Waals surface area contributed by atoms with Gasteiger partial charge in [0.15, 0.2) is 9.84 Å². The number of benzene rings is 1. The molecule has 1 aliphatic rings. The Balaban J connectivity index is 2.58. The van der Waals surface area contributed by atoms with Crippen LogP contribution in [0.25, 0.3) is 0 Å². The molecule has 17 heavy (non-hydrogen) atoms. The molecule has 90 valence electrons. The monoisotopic (exact) mass is 250 g/mol. The highest BCUT2D eigenvalue weighted by Gasteiger charge is 2.33. The van der Waals surface area contributed by atoms with Gasteiger partial charge in [-0.25, -0.2) is 8.42 Å². The number of nitriles is 1. The number of rotatable bonds is 1. The summed E-state index contributed by atoms with van der Waals surface area (Å²) in [5.74, 6) is 0.0213. The molecule has 0 aromatic heterocycles. The van der Waals surface area contributed by atoms with Gasteiger partial charge in [-0.05, 0) is 24.6 Å². The first-order valence-electron chi connectivity index (χ1n) is 5.39. The molecule has 0 bridgehead atoms. The predicted molar refractivity (Wildman–Crippen MR) is 65.7 cm³/mol. The number of hydrogen-bond donors (Lipinski definition) is 0. The minimum atomic E-state index is -3.26. The molecule has 1 aromatic rings. The maximum absolute atomic E-state index is 12.1. The lowest BCUT2D eigenvalue weighted by Crippen LogP contribution is -2.42. The lowest BCUT2D eigenvalue weighted by Gasteiger charge is -2.34. The van der Waals surface area contributed by atoms with Gasteiger partial charge in [0, 0.05) is 7.05 Å². The molecule has 1 unspecified atom stereocenters. The fraction of sp³-hybridized carbons (Fsp3) is 0.417. The van der Waals surface area contributed by atoms with E-state index in [9.17, 15) is 8.42 Å². The Labute approximate surface area is 101 Å². The Hall–Kier alpha value is -1.54. The summed E-state index contributed by atoms with van der Waals surface area (Å²) in [5.41, 5.74) is 1.63. The van der Waals surface area contributed by atoms with Crippen LogP contribution in [0.5, 0.6) is 0 Å². The smallest absolute Gasteiger partial charge is 0.182 e. The molecule has 1 aliphatic heterocycles. The van der Waals surface area contributed by atoms with E-state index in [1.54, 1.807) is 6.07 Å². The van der Waals surface area contributed by atoms with Crippen molar-refractivity contribution in [3.63, 3.8) is 0 Å². The van der Waals surface area contributed by atoms with Crippen LogP contribution in [0.4, 0.5) is 5.69 Å². The standard InChI is InChI=1S/C12H14N2O2S/c1-9-3-4-11-12(7-9)17(15,16)8-10(5-6-13)14(11)2/h3-4,7,10H,5,8H2,1-2H3. The molecule has 4 nitrogen and oxygen atoms in total. The van der Waals surface area contributed by atoms with E-state index in [0.717, 1.165) is 5.56 Å². The van der Waals surface area contributed by atoms with E-state index in [-0.39, 0.29) is 18.2 Å². The second-order valence-corrected chi connectivity index (χ2v) is 6.38. The highest BCUT2D eigenvalue weighted by molar-refractivity contribution is 7.91. The predicted octanol–water partition coefficient (Wildman–Crippen LogP) is 1.50. The van der Waals surface area contributed by atoms with Crippen molar-refractivity contribution in [2.24, 2.45) is 0 Å². The van der Waals surface area contributed by atoms with E-state index in [1.807, 2.05) is 37.1 Å². The fourth-order valence-corrected chi connectivity index (χ4v) is 4.04. The number of sulfone groups is 1. The van der Waals surface area contributed by atoms with E-state index < -0.39 is 9.84 Å². The quantitative estimate of drug-likeness (QED) is 0.758. The second-order valence-electron chi connectivity index (χ2n) is 4.38. The normalized spacial score (nSPS) is 21.7. The Morgan fingerprint density at radius 2 is 2.24 bits per heavy atom. The van der Waals surface area contributed by atoms with Crippen molar-refractivity contribution in [2.45, 2.75) is 24.3 Å². The molecule has 0 amide bonds. The third kappa shape index (κ3) is 2.01. The van der Waals surface area contributed by atoms with Crippen LogP contribution in [0.15, 0.2) is 23.1 Å². The number of anilines is 1. The van der Waals surface area contributed by atoms with E-state index in [4.69, 9.17) is 5.26 Å². The minimum absolute atomic E-state index is 0.0213. The first kappa shape index (κ1) is 11.9. The summed E-state index contributed by atoms with van der Waals surface area (Å²) < 4.78 is 24.2. The highest BCUT2D eigenvalue weighted by Crippen LogP contribution is 2.33. The molecule has 2 rings (SSSR count). The summed E-state index contributed by atoms with van der Waals surface area (Å²) in [5, 5.41) is 8.73. The van der Waals surface area contributed by atoms with Crippen molar-refractivity contribution in [2.75, 3.05) is 17.7 Å². The maximum atomic E-state index is 12.1. The van der Waals surface area contributed by atoms with Gasteiger partial charge < -0.3 is 4.90 Å². The van der Waals surface area contributed by atoms with E-state index in [0.29, 0.717) is 10.6 Å². The lowest BCUT2D eigenvalue weighted by atomic mass is 10.1. The molecule has 1 heterocycles. The average molecular weight is 250 g/mol. The van der Waals surface area contributed by atoms with Crippen LogP contribution in [0, 0.1) is 18.3 Å². The zero-order chi connectivity index (χ0) is 12.6. The summed E-state index contributed by atoms with van der Waals surface area (Å²) >= 11 is 0. The van der Waals surface area contributed by atoms with Gasteiger partial charge in [-0.2, -0.15) is 5.26 Å². The van der Waals surface area contributed by atoms with Gasteiger partial charge in [-0.15, -0.1) is 0 Å². The molecule has 1 aromatic carbocycles. The van der Waals surface area contributed by atoms with Gasteiger partial charge >= 0.3 is 0 Å². The molecule has 0 fully saturated rings. The summed E-state index contributed by atoms with van der Waals surface area (Å²) in [7, 11) is -1.42. The van der Waals surface area contributed by atoms with Crippen LogP contribution in [-0.4, -0.2) is 27.3 Å². The highest BCUT2D eigenvalue weighted by atomic mass is 32.2. The molecule has 0 aliphatic carbocycles. The van der Waals surface area contributed by atoms with Crippen LogP contribution < -0.4 is 4.90 Å². The summed E-state index contributed by atoms with van der Waals surface area (Å²) in [4.78, 5) is 2.27. The molecule has 5 heteroatoms. The van der Waals surface area contributed by atoms with Crippen molar-refractivity contribution < 1.29 is 8.42 Å². The Bertz CT molecular complexity index is 587. The molecule has 0 saturated heterocycles. The minimum Gasteiger partial charge on any atom is -0.368 e. The van der Waals surface area contributed by atoms with Gasteiger partial charge in [-0.1, -0.05) is 6.07 Å². The van der Waals surface area contributed by atoms with Crippen LogP contribution in [0.2, 0.25) is 0 Å². The molecule has 0 N–H and O–H groups in total.